The fourth-order valence-electron chi connectivity index (χ4n) is 6.59. The van der Waals surface area contributed by atoms with Gasteiger partial charge in [-0.3, -0.25) is 4.79 Å². The van der Waals surface area contributed by atoms with Gasteiger partial charge in [0.2, 0.25) is 12.5 Å². The van der Waals surface area contributed by atoms with Crippen molar-refractivity contribution in [2.45, 2.75) is 31.8 Å². The Morgan fingerprint density at radius 3 is 2.70 bits per heavy atom. The fraction of sp³-hybridized carbons (Fsp3) is 0.455. The number of nitrogens with zero attached hydrogens (tertiary/aromatic N) is 7. The molecule has 224 valence electrons. The minimum Gasteiger partial charge on any atom is -0.463 e. The fourth-order valence-corrected chi connectivity index (χ4v) is 6.87. The summed E-state index contributed by atoms with van der Waals surface area (Å²) in [6.45, 7) is 16.0. The molecule has 1 atom stereocenters. The first-order valence-corrected chi connectivity index (χ1v) is 15.3. The number of piperazine rings is 1. The monoisotopic (exact) mass is 599 g/mol. The van der Waals surface area contributed by atoms with Crippen LogP contribution in [0.3, 0.4) is 0 Å². The summed E-state index contributed by atoms with van der Waals surface area (Å²) < 4.78 is 6.37. The van der Waals surface area contributed by atoms with Gasteiger partial charge in [0.25, 0.3) is 0 Å². The van der Waals surface area contributed by atoms with Crippen LogP contribution in [0.2, 0.25) is 5.02 Å². The van der Waals surface area contributed by atoms with Gasteiger partial charge in [0.1, 0.15) is 11.9 Å². The summed E-state index contributed by atoms with van der Waals surface area (Å²) in [6.07, 6.45) is 4.36. The second kappa shape index (κ2) is 12.0. The van der Waals surface area contributed by atoms with Gasteiger partial charge in [-0.05, 0) is 57.0 Å². The molecule has 3 heterocycles. The number of hydrogen-bond acceptors (Lipinski definition) is 7. The van der Waals surface area contributed by atoms with Gasteiger partial charge in [0, 0.05) is 54.8 Å². The van der Waals surface area contributed by atoms with Crippen LogP contribution in [0.15, 0.2) is 49.1 Å². The average Bonchev–Trinajstić information content (AvgIpc) is 3.77. The van der Waals surface area contributed by atoms with E-state index in [1.807, 2.05) is 12.1 Å². The van der Waals surface area contributed by atoms with E-state index in [0.717, 1.165) is 70.9 Å². The van der Waals surface area contributed by atoms with Gasteiger partial charge < -0.3 is 29.2 Å². The molecule has 3 aromatic rings. The van der Waals surface area contributed by atoms with Crippen LogP contribution in [0.5, 0.6) is 6.01 Å². The van der Waals surface area contributed by atoms with Crippen LogP contribution in [-0.4, -0.2) is 91.7 Å². The Labute approximate surface area is 258 Å². The first kappa shape index (κ1) is 29.2. The Morgan fingerprint density at radius 1 is 1.19 bits per heavy atom. The van der Waals surface area contributed by atoms with Crippen LogP contribution in [-0.2, 0) is 17.8 Å². The number of halogens is 1. The molecule has 10 heteroatoms. The van der Waals surface area contributed by atoms with E-state index in [-0.39, 0.29) is 23.9 Å². The van der Waals surface area contributed by atoms with E-state index in [1.54, 1.807) is 4.90 Å². The highest BCUT2D eigenvalue weighted by Gasteiger charge is 2.44. The molecular weight excluding hydrogens is 562 g/mol. The molecule has 0 bridgehead atoms. The Hall–Kier alpha value is -3.87. The topological polar surface area (TPSA) is 69.4 Å². The van der Waals surface area contributed by atoms with Crippen molar-refractivity contribution >= 4 is 39.8 Å². The van der Waals surface area contributed by atoms with E-state index >= 15 is 0 Å². The molecule has 0 N–H and O–H groups in total. The van der Waals surface area contributed by atoms with Crippen LogP contribution in [0.4, 0.5) is 11.5 Å². The average molecular weight is 600 g/mol. The number of carbonyl (C=O) groups is 1. The summed E-state index contributed by atoms with van der Waals surface area (Å²) in [6, 6.07) is 12.5. The maximum Gasteiger partial charge on any atom is 0.318 e. The smallest absolute Gasteiger partial charge is 0.318 e. The summed E-state index contributed by atoms with van der Waals surface area (Å²) in [5, 5.41) is 2.89. The number of hydrogen-bond donors (Lipinski definition) is 0. The van der Waals surface area contributed by atoms with Crippen molar-refractivity contribution in [1.82, 2.24) is 19.8 Å². The lowest BCUT2D eigenvalue weighted by Gasteiger charge is -2.41. The van der Waals surface area contributed by atoms with E-state index in [1.165, 1.54) is 6.08 Å². The summed E-state index contributed by atoms with van der Waals surface area (Å²) in [5.41, 5.74) is 3.29. The number of rotatable bonds is 9. The molecule has 43 heavy (non-hydrogen) atoms. The zero-order valence-electron chi connectivity index (χ0n) is 24.9. The number of anilines is 2. The molecule has 0 unspecified atom stereocenters. The molecule has 2 aliphatic heterocycles. The molecule has 0 radical (unpaired) electrons. The molecule has 1 aliphatic carbocycles. The quantitative estimate of drug-likeness (QED) is 0.261. The van der Waals surface area contributed by atoms with Gasteiger partial charge in [-0.15, -0.1) is 0 Å². The van der Waals surface area contributed by atoms with Gasteiger partial charge in [-0.2, -0.15) is 9.97 Å². The van der Waals surface area contributed by atoms with Gasteiger partial charge >= 0.3 is 6.01 Å². The number of aromatic nitrogens is 2. The summed E-state index contributed by atoms with van der Waals surface area (Å²) in [5.74, 6) is 0.718. The second-order valence-corrected chi connectivity index (χ2v) is 12.7. The highest BCUT2D eigenvalue weighted by Crippen LogP contribution is 2.46. The minimum atomic E-state index is -0.237. The lowest BCUT2D eigenvalue weighted by molar-refractivity contribution is -0.128. The number of carbonyl (C=O) groups excluding carboxylic acids is 1. The minimum absolute atomic E-state index is 0.137. The maximum atomic E-state index is 12.6. The molecule has 1 saturated carbocycles. The van der Waals surface area contributed by atoms with Crippen LogP contribution in [0.1, 0.15) is 24.1 Å². The zero-order valence-corrected chi connectivity index (χ0v) is 25.7. The largest absolute Gasteiger partial charge is 0.463 e. The summed E-state index contributed by atoms with van der Waals surface area (Å²) >= 11 is 6.71. The normalized spacial score (nSPS) is 19.2. The van der Waals surface area contributed by atoms with Crippen LogP contribution >= 0.6 is 11.6 Å². The number of ether oxygens (including phenoxy) is 1. The first-order chi connectivity index (χ1) is 20.8. The van der Waals surface area contributed by atoms with E-state index < -0.39 is 0 Å². The molecule has 1 amide bonds. The van der Waals surface area contributed by atoms with Crippen LogP contribution in [0.25, 0.3) is 15.6 Å². The maximum absolute atomic E-state index is 12.6. The van der Waals surface area contributed by atoms with Crippen molar-refractivity contribution in [3.63, 3.8) is 0 Å². The molecule has 2 aromatic carbocycles. The van der Waals surface area contributed by atoms with E-state index in [2.05, 4.69) is 64.5 Å². The van der Waals surface area contributed by atoms with Gasteiger partial charge in [0.15, 0.2) is 0 Å². The molecule has 1 aromatic heterocycles. The highest BCUT2D eigenvalue weighted by molar-refractivity contribution is 6.36. The van der Waals surface area contributed by atoms with Gasteiger partial charge in [0.05, 0.1) is 23.9 Å². The lowest BCUT2D eigenvalue weighted by Crippen LogP contribution is -2.56. The van der Waals surface area contributed by atoms with Crippen molar-refractivity contribution < 1.29 is 9.53 Å². The summed E-state index contributed by atoms with van der Waals surface area (Å²) in [7, 11) is 4.19. The third-order valence-electron chi connectivity index (χ3n) is 8.85. The van der Waals surface area contributed by atoms with Crippen molar-refractivity contribution in [2.24, 2.45) is 5.41 Å². The predicted molar refractivity (Wildman–Crippen MR) is 171 cm³/mol. The van der Waals surface area contributed by atoms with Gasteiger partial charge in [-0.1, -0.05) is 42.4 Å². The highest BCUT2D eigenvalue weighted by atomic mass is 35.5. The Kier molecular flexibility index (Phi) is 8.17. The van der Waals surface area contributed by atoms with E-state index in [9.17, 15) is 4.79 Å². The Morgan fingerprint density at radius 2 is 1.98 bits per heavy atom. The Balaban J connectivity index is 1.34. The number of benzene rings is 2. The van der Waals surface area contributed by atoms with Crippen molar-refractivity contribution in [3.05, 3.63) is 76.8 Å². The van der Waals surface area contributed by atoms with Crippen molar-refractivity contribution in [3.8, 4) is 6.01 Å². The molecular formula is C33H38ClN7O2. The molecule has 0 spiro atoms. The molecule has 1 saturated heterocycles. The third kappa shape index (κ3) is 5.99. The zero-order chi connectivity index (χ0) is 30.1. The van der Waals surface area contributed by atoms with E-state index in [4.69, 9.17) is 32.9 Å². The van der Waals surface area contributed by atoms with Crippen molar-refractivity contribution in [1.29, 1.82) is 0 Å². The third-order valence-corrected chi connectivity index (χ3v) is 9.17. The Bertz CT molecular complexity index is 1580. The second-order valence-electron chi connectivity index (χ2n) is 12.2. The van der Waals surface area contributed by atoms with E-state index in [0.29, 0.717) is 38.8 Å². The van der Waals surface area contributed by atoms with Crippen LogP contribution in [0, 0.1) is 12.0 Å². The van der Waals surface area contributed by atoms with Crippen molar-refractivity contribution in [2.75, 3.05) is 69.8 Å². The molecule has 9 nitrogen and oxygen atoms in total. The first-order valence-electron chi connectivity index (χ1n) is 14.9. The number of fused-ring (bicyclic) bond motifs is 2. The standard InChI is InChI=1S/C33H38ClN7O2/c1-5-29(42)41-17-16-40(19-24(41)18-35-2)31-25-12-15-39(28-11-7-9-23-8-6-10-26(34)30(23)28)20-27(25)36-32(37-31)43-22-33(13-14-33)21-38(3)4/h5-11,24H,1,12-22H2,3-4H3/t24-/m0/s1. The molecule has 6 rings (SSSR count). The lowest BCUT2D eigenvalue weighted by atomic mass is 10.0. The predicted octanol–water partition coefficient (Wildman–Crippen LogP) is 4.69. The van der Waals surface area contributed by atoms with Crippen LogP contribution < -0.4 is 14.5 Å². The summed E-state index contributed by atoms with van der Waals surface area (Å²) in [4.78, 5) is 34.7. The number of amides is 1. The SMILES string of the molecule is [C-]#[N+]C[C@H]1CN(c2nc(OCC3(CN(C)C)CC3)nc3c2CCN(c2cccc4cccc(Cl)c24)C3)CCN1C(=O)C=C. The molecule has 2 fully saturated rings. The van der Waals surface area contributed by atoms with Gasteiger partial charge in [-0.25, -0.2) is 6.57 Å². The molecule has 3 aliphatic rings.